The van der Waals surface area contributed by atoms with E-state index in [1.807, 2.05) is 0 Å². The van der Waals surface area contributed by atoms with Gasteiger partial charge in [-0.15, -0.1) is 0 Å². The van der Waals surface area contributed by atoms with Gasteiger partial charge in [0, 0.05) is 0 Å². The van der Waals surface area contributed by atoms with Crippen molar-refractivity contribution in [2.45, 2.75) is 78.4 Å². The van der Waals surface area contributed by atoms with E-state index in [4.69, 9.17) is 10.8 Å². The predicted molar refractivity (Wildman–Crippen MR) is 90.2 cm³/mol. The molecule has 0 aromatic heterocycles. The van der Waals surface area contributed by atoms with Gasteiger partial charge in [0.15, 0.2) is 0 Å². The highest BCUT2D eigenvalue weighted by Crippen LogP contribution is 2.10. The SMILES string of the molecule is CCCC[N+](C)(CCCC)CCCC.C[C@@H](O)[C@H](N)C(=O)[O-]. The highest BCUT2D eigenvalue weighted by molar-refractivity contribution is 5.71. The number of nitrogens with two attached hydrogens (primary N) is 1. The van der Waals surface area contributed by atoms with Gasteiger partial charge < -0.3 is 25.2 Å². The van der Waals surface area contributed by atoms with Crippen LogP contribution in [0, 0.1) is 0 Å². The van der Waals surface area contributed by atoms with Crippen LogP contribution in [0.1, 0.15) is 66.2 Å². The van der Waals surface area contributed by atoms with Crippen LogP contribution in [0.25, 0.3) is 0 Å². The molecule has 0 amide bonds. The Morgan fingerprint density at radius 3 is 1.50 bits per heavy atom. The van der Waals surface area contributed by atoms with Crippen molar-refractivity contribution < 1.29 is 19.5 Å². The zero-order valence-corrected chi connectivity index (χ0v) is 15.3. The first-order chi connectivity index (χ1) is 10.2. The molecule has 0 saturated carbocycles. The Morgan fingerprint density at radius 2 is 1.36 bits per heavy atom. The molecule has 2 atom stereocenters. The van der Waals surface area contributed by atoms with Gasteiger partial charge in [-0.2, -0.15) is 0 Å². The van der Waals surface area contributed by atoms with Gasteiger partial charge in [-0.1, -0.05) is 40.0 Å². The molecule has 22 heavy (non-hydrogen) atoms. The van der Waals surface area contributed by atoms with Crippen LogP contribution in [0.2, 0.25) is 0 Å². The third-order valence-electron chi connectivity index (χ3n) is 3.95. The average molecular weight is 319 g/mol. The summed E-state index contributed by atoms with van der Waals surface area (Å²) in [6.45, 7) is 12.3. The first-order valence-corrected chi connectivity index (χ1v) is 8.72. The Balaban J connectivity index is 0. The highest BCUT2D eigenvalue weighted by Gasteiger charge is 2.18. The number of hydrogen-bond acceptors (Lipinski definition) is 4. The van der Waals surface area contributed by atoms with Crippen molar-refractivity contribution in [2.24, 2.45) is 5.73 Å². The lowest BCUT2D eigenvalue weighted by Gasteiger charge is -2.34. The van der Waals surface area contributed by atoms with Crippen molar-refractivity contribution in [3.05, 3.63) is 0 Å². The van der Waals surface area contributed by atoms with Crippen LogP contribution < -0.4 is 10.8 Å². The normalized spacial score (nSPS) is 14.0. The molecule has 0 aliphatic heterocycles. The maximum Gasteiger partial charge on any atom is 0.0784 e. The summed E-state index contributed by atoms with van der Waals surface area (Å²) in [6.07, 6.45) is 7.15. The van der Waals surface area contributed by atoms with Crippen molar-refractivity contribution in [1.82, 2.24) is 0 Å². The zero-order valence-electron chi connectivity index (χ0n) is 15.3. The summed E-state index contributed by atoms with van der Waals surface area (Å²) in [5.74, 6) is -1.43. The van der Waals surface area contributed by atoms with Gasteiger partial charge in [0.05, 0.1) is 44.8 Å². The largest absolute Gasteiger partial charge is 0.548 e. The molecule has 0 unspecified atom stereocenters. The first kappa shape index (κ1) is 23.6. The molecule has 5 heteroatoms. The Hall–Kier alpha value is -0.650. The molecule has 0 aliphatic rings. The number of unbranched alkanes of at least 4 members (excludes halogenated alkanes) is 3. The molecule has 0 heterocycles. The standard InChI is InChI=1S/C13H30N.C4H9NO3/c1-5-8-11-14(4,12-9-6-2)13-10-7-3;1-2(6)3(5)4(7)8/h5-13H2,1-4H3;2-3,6H,5H2,1H3,(H,7,8)/q+1;/p-1/t;2-,3+/m.1/s1. The van der Waals surface area contributed by atoms with Crippen molar-refractivity contribution >= 4 is 5.97 Å². The summed E-state index contributed by atoms with van der Waals surface area (Å²) in [5, 5.41) is 18.2. The number of carbonyl (C=O) groups excluding carboxylic acids is 1. The topological polar surface area (TPSA) is 86.4 Å². The maximum atomic E-state index is 9.74. The summed E-state index contributed by atoms with van der Waals surface area (Å²) in [6, 6.07) is -1.27. The van der Waals surface area contributed by atoms with Crippen LogP contribution in [0.3, 0.4) is 0 Å². The fraction of sp³-hybridized carbons (Fsp3) is 0.941. The van der Waals surface area contributed by atoms with Gasteiger partial charge >= 0.3 is 0 Å². The molecular weight excluding hydrogens is 280 g/mol. The summed E-state index contributed by atoms with van der Waals surface area (Å²) in [7, 11) is 2.45. The monoisotopic (exact) mass is 318 g/mol. The van der Waals surface area contributed by atoms with E-state index in [1.54, 1.807) is 0 Å². The molecule has 0 fully saturated rings. The molecule has 0 bridgehead atoms. The molecule has 0 aromatic rings. The molecule has 0 aliphatic carbocycles. The Kier molecular flexibility index (Phi) is 15.0. The smallest absolute Gasteiger partial charge is 0.0784 e. The lowest BCUT2D eigenvalue weighted by atomic mass is 10.2. The lowest BCUT2D eigenvalue weighted by molar-refractivity contribution is -0.910. The number of quaternary nitrogens is 1. The Bertz CT molecular complexity index is 249. The van der Waals surface area contributed by atoms with Gasteiger partial charge in [-0.05, 0) is 26.2 Å². The molecule has 3 N–H and O–H groups in total. The van der Waals surface area contributed by atoms with Gasteiger partial charge in [0.1, 0.15) is 0 Å². The van der Waals surface area contributed by atoms with E-state index in [2.05, 4.69) is 27.8 Å². The van der Waals surface area contributed by atoms with Crippen molar-refractivity contribution in [2.75, 3.05) is 26.7 Å². The molecule has 134 valence electrons. The van der Waals surface area contributed by atoms with Crippen molar-refractivity contribution in [3.8, 4) is 0 Å². The van der Waals surface area contributed by atoms with E-state index in [0.29, 0.717) is 0 Å². The Morgan fingerprint density at radius 1 is 1.05 bits per heavy atom. The summed E-state index contributed by atoms with van der Waals surface area (Å²) in [5.41, 5.74) is 4.85. The van der Waals surface area contributed by atoms with Crippen LogP contribution in [-0.2, 0) is 4.79 Å². The number of carboxylic acids is 1. The minimum atomic E-state index is -1.43. The first-order valence-electron chi connectivity index (χ1n) is 8.72. The second kappa shape index (κ2) is 14.0. The number of aliphatic hydroxyl groups is 1. The summed E-state index contributed by atoms with van der Waals surface area (Å²) >= 11 is 0. The fourth-order valence-corrected chi connectivity index (χ4v) is 2.15. The second-order valence-corrected chi connectivity index (χ2v) is 6.44. The zero-order chi connectivity index (χ0) is 17.6. The lowest BCUT2D eigenvalue weighted by Crippen LogP contribution is -2.48. The molecule has 0 aromatic carbocycles. The Labute approximate surface area is 137 Å². The van der Waals surface area contributed by atoms with Crippen LogP contribution in [0.5, 0.6) is 0 Å². The third-order valence-corrected chi connectivity index (χ3v) is 3.95. The quantitative estimate of drug-likeness (QED) is 0.562. The van der Waals surface area contributed by atoms with Gasteiger partial charge in [0.2, 0.25) is 0 Å². The van der Waals surface area contributed by atoms with Gasteiger partial charge in [-0.25, -0.2) is 0 Å². The molecule has 0 saturated heterocycles. The minimum absolute atomic E-state index is 1.04. The average Bonchev–Trinajstić information content (AvgIpc) is 2.48. The molecule has 0 rings (SSSR count). The van der Waals surface area contributed by atoms with E-state index >= 15 is 0 Å². The second-order valence-electron chi connectivity index (χ2n) is 6.44. The number of rotatable bonds is 11. The molecular formula is C17H38N2O3. The van der Waals surface area contributed by atoms with E-state index in [0.717, 1.165) is 0 Å². The number of hydrogen-bond donors (Lipinski definition) is 2. The molecule has 5 nitrogen and oxygen atoms in total. The maximum absolute atomic E-state index is 9.74. The number of nitrogens with zero attached hydrogens (tertiary/aromatic N) is 1. The molecule has 0 spiro atoms. The third kappa shape index (κ3) is 13.0. The summed E-state index contributed by atoms with van der Waals surface area (Å²) < 4.78 is 1.32. The van der Waals surface area contributed by atoms with E-state index in [9.17, 15) is 9.90 Å². The number of aliphatic carboxylic acids is 1. The minimum Gasteiger partial charge on any atom is -0.548 e. The predicted octanol–water partition coefficient (Wildman–Crippen LogP) is 1.28. The van der Waals surface area contributed by atoms with Crippen molar-refractivity contribution in [3.63, 3.8) is 0 Å². The van der Waals surface area contributed by atoms with E-state index in [-0.39, 0.29) is 0 Å². The van der Waals surface area contributed by atoms with E-state index < -0.39 is 18.1 Å². The highest BCUT2D eigenvalue weighted by atomic mass is 16.4. The van der Waals surface area contributed by atoms with Crippen LogP contribution in [0.15, 0.2) is 0 Å². The number of carbonyl (C=O) groups is 1. The fourth-order valence-electron chi connectivity index (χ4n) is 2.15. The van der Waals surface area contributed by atoms with Crippen LogP contribution in [0.4, 0.5) is 0 Å². The van der Waals surface area contributed by atoms with Gasteiger partial charge in [0.25, 0.3) is 0 Å². The summed E-state index contributed by atoms with van der Waals surface area (Å²) in [4.78, 5) is 9.74. The number of aliphatic hydroxyl groups excluding tert-OH is 1. The van der Waals surface area contributed by atoms with Crippen LogP contribution >= 0.6 is 0 Å². The van der Waals surface area contributed by atoms with E-state index in [1.165, 1.54) is 69.6 Å². The van der Waals surface area contributed by atoms with Gasteiger partial charge in [-0.3, -0.25) is 0 Å². The number of carboxylic acid groups (broad SMARTS) is 1. The molecule has 0 radical (unpaired) electrons. The van der Waals surface area contributed by atoms with Crippen LogP contribution in [-0.4, -0.2) is 54.4 Å². The van der Waals surface area contributed by atoms with Crippen molar-refractivity contribution in [1.29, 1.82) is 0 Å².